The van der Waals surface area contributed by atoms with E-state index in [9.17, 15) is 4.79 Å². The summed E-state index contributed by atoms with van der Waals surface area (Å²) < 4.78 is 0. The molecule has 1 amide bonds. The zero-order valence-corrected chi connectivity index (χ0v) is 19.8. The minimum absolute atomic E-state index is 0.00288. The third-order valence-corrected chi connectivity index (χ3v) is 5.31. The first-order chi connectivity index (χ1) is 13.0. The van der Waals surface area contributed by atoms with E-state index >= 15 is 0 Å². The summed E-state index contributed by atoms with van der Waals surface area (Å²) in [5, 5.41) is 3.15. The number of hydrogen-bond acceptors (Lipinski definition) is 2. The van der Waals surface area contributed by atoms with Gasteiger partial charge >= 0.3 is 0 Å². The van der Waals surface area contributed by atoms with Crippen LogP contribution in [-0.2, 0) is 4.79 Å². The average Bonchev–Trinajstić information content (AvgIpc) is 2.62. The zero-order chi connectivity index (χ0) is 21.8. The highest BCUT2D eigenvalue weighted by atomic mass is 16.1. The van der Waals surface area contributed by atoms with E-state index < -0.39 is 0 Å². The highest BCUT2D eigenvalue weighted by Gasteiger charge is 2.25. The molecule has 1 unspecified atom stereocenters. The highest BCUT2D eigenvalue weighted by molar-refractivity contribution is 5.96. The minimum Gasteiger partial charge on any atom is -0.352 e. The lowest BCUT2D eigenvalue weighted by Crippen LogP contribution is -2.36. The number of amides is 1. The maximum absolute atomic E-state index is 12.6. The van der Waals surface area contributed by atoms with E-state index in [-0.39, 0.29) is 16.7 Å². The van der Waals surface area contributed by atoms with Gasteiger partial charge < -0.3 is 11.1 Å². The van der Waals surface area contributed by atoms with Crippen molar-refractivity contribution in [3.63, 3.8) is 0 Å². The summed E-state index contributed by atoms with van der Waals surface area (Å²) in [6, 6.07) is 0. The Balaban J connectivity index is 4.82. The Labute approximate surface area is 174 Å². The number of hydrogen-bond donors (Lipinski definition) is 2. The lowest BCUT2D eigenvalue weighted by molar-refractivity contribution is -0.117. The predicted octanol–water partition coefficient (Wildman–Crippen LogP) is 6.02. The monoisotopic (exact) mass is 390 g/mol. The molecule has 0 saturated heterocycles. The molecule has 0 aromatic rings. The first-order valence-corrected chi connectivity index (χ1v) is 11.0. The molecule has 0 bridgehead atoms. The number of nitrogens with two attached hydrogens (primary N) is 1. The van der Waals surface area contributed by atoms with Gasteiger partial charge in [0.15, 0.2) is 0 Å². The van der Waals surface area contributed by atoms with Gasteiger partial charge in [0, 0.05) is 12.1 Å². The van der Waals surface area contributed by atoms with E-state index in [1.165, 1.54) is 12.8 Å². The van der Waals surface area contributed by atoms with Crippen LogP contribution in [0.15, 0.2) is 36.0 Å². The Morgan fingerprint density at radius 1 is 1.14 bits per heavy atom. The van der Waals surface area contributed by atoms with Crippen molar-refractivity contribution in [2.24, 2.45) is 28.4 Å². The molecule has 0 aliphatic rings. The quantitative estimate of drug-likeness (QED) is 0.298. The van der Waals surface area contributed by atoms with E-state index in [4.69, 9.17) is 5.73 Å². The first kappa shape index (κ1) is 26.6. The van der Waals surface area contributed by atoms with E-state index in [0.717, 1.165) is 19.4 Å². The second kappa shape index (κ2) is 13.0. The molecule has 0 fully saturated rings. The Hall–Kier alpha value is -1.35. The number of rotatable bonds is 13. The molecule has 3 N–H and O–H groups in total. The summed E-state index contributed by atoms with van der Waals surface area (Å²) >= 11 is 0. The molecule has 3 heteroatoms. The summed E-state index contributed by atoms with van der Waals surface area (Å²) in [4.78, 5) is 12.6. The Morgan fingerprint density at radius 3 is 2.29 bits per heavy atom. The van der Waals surface area contributed by atoms with Crippen molar-refractivity contribution in [1.29, 1.82) is 0 Å². The largest absolute Gasteiger partial charge is 0.352 e. The molecule has 0 rings (SSSR count). The van der Waals surface area contributed by atoms with Crippen molar-refractivity contribution in [3.8, 4) is 0 Å². The van der Waals surface area contributed by atoms with Crippen molar-refractivity contribution in [2.75, 3.05) is 13.1 Å². The Kier molecular flexibility index (Phi) is 12.4. The maximum Gasteiger partial charge on any atom is 0.251 e. The van der Waals surface area contributed by atoms with Crippen LogP contribution >= 0.6 is 0 Å². The molecule has 0 aromatic heterocycles. The number of carbonyl (C=O) groups is 1. The van der Waals surface area contributed by atoms with Crippen molar-refractivity contribution in [2.45, 2.75) is 81.1 Å². The van der Waals surface area contributed by atoms with Crippen LogP contribution in [0.1, 0.15) is 81.1 Å². The maximum atomic E-state index is 12.6. The topological polar surface area (TPSA) is 55.1 Å². The molecule has 0 heterocycles. The molecular weight excluding hydrogens is 344 g/mol. The lowest BCUT2D eigenvalue weighted by Gasteiger charge is -2.32. The van der Waals surface area contributed by atoms with Crippen LogP contribution in [0.2, 0.25) is 0 Å². The molecule has 162 valence electrons. The Morgan fingerprint density at radius 2 is 1.79 bits per heavy atom. The zero-order valence-electron chi connectivity index (χ0n) is 19.8. The van der Waals surface area contributed by atoms with Crippen LogP contribution in [-0.4, -0.2) is 19.0 Å². The number of nitrogens with one attached hydrogen (secondary N) is 1. The molecule has 0 radical (unpaired) electrons. The summed E-state index contributed by atoms with van der Waals surface area (Å²) in [5.74, 6) is 1.13. The van der Waals surface area contributed by atoms with Gasteiger partial charge in [-0.2, -0.15) is 0 Å². The summed E-state index contributed by atoms with van der Waals surface area (Å²) in [6.45, 7) is 18.9. The van der Waals surface area contributed by atoms with Gasteiger partial charge in [-0.25, -0.2) is 0 Å². The molecule has 0 aromatic carbocycles. The van der Waals surface area contributed by atoms with Crippen LogP contribution in [0.3, 0.4) is 0 Å². The van der Waals surface area contributed by atoms with Gasteiger partial charge in [0.1, 0.15) is 0 Å². The molecular formula is C25H46N2O. The van der Waals surface area contributed by atoms with Gasteiger partial charge in [-0.3, -0.25) is 4.79 Å². The van der Waals surface area contributed by atoms with Crippen molar-refractivity contribution in [1.82, 2.24) is 5.32 Å². The van der Waals surface area contributed by atoms with E-state index in [0.29, 0.717) is 24.0 Å². The molecule has 1 atom stereocenters. The van der Waals surface area contributed by atoms with Gasteiger partial charge in [-0.05, 0) is 61.5 Å². The second-order valence-electron chi connectivity index (χ2n) is 9.98. The molecule has 0 aliphatic heterocycles. The van der Waals surface area contributed by atoms with Crippen LogP contribution in [0.5, 0.6) is 0 Å². The normalized spacial score (nSPS) is 15.0. The highest BCUT2D eigenvalue weighted by Crippen LogP contribution is 2.32. The smallest absolute Gasteiger partial charge is 0.251 e. The summed E-state index contributed by atoms with van der Waals surface area (Å²) in [5.41, 5.74) is 6.86. The minimum atomic E-state index is -0.00288. The van der Waals surface area contributed by atoms with E-state index in [1.807, 2.05) is 31.2 Å². The third kappa shape index (κ3) is 12.2. The lowest BCUT2D eigenvalue weighted by atomic mass is 9.77. The van der Waals surface area contributed by atoms with Crippen molar-refractivity contribution in [3.05, 3.63) is 36.0 Å². The summed E-state index contributed by atoms with van der Waals surface area (Å²) in [6.07, 6.45) is 14.4. The number of allylic oxidation sites excluding steroid dienone is 4. The van der Waals surface area contributed by atoms with Gasteiger partial charge in [0.05, 0.1) is 0 Å². The fourth-order valence-corrected chi connectivity index (χ4v) is 3.19. The molecule has 28 heavy (non-hydrogen) atoms. The van der Waals surface area contributed by atoms with E-state index in [1.54, 1.807) is 0 Å². The second-order valence-corrected chi connectivity index (χ2v) is 9.98. The van der Waals surface area contributed by atoms with Crippen LogP contribution in [0.4, 0.5) is 0 Å². The van der Waals surface area contributed by atoms with Crippen molar-refractivity contribution < 1.29 is 4.79 Å². The molecule has 0 aliphatic carbocycles. The van der Waals surface area contributed by atoms with Crippen LogP contribution in [0.25, 0.3) is 0 Å². The molecule has 0 spiro atoms. The van der Waals surface area contributed by atoms with Gasteiger partial charge in [0.25, 0.3) is 5.91 Å². The van der Waals surface area contributed by atoms with Crippen LogP contribution in [0, 0.1) is 22.7 Å². The summed E-state index contributed by atoms with van der Waals surface area (Å²) in [7, 11) is 0. The third-order valence-electron chi connectivity index (χ3n) is 5.31. The van der Waals surface area contributed by atoms with Gasteiger partial charge in [-0.1, -0.05) is 79.2 Å². The fourth-order valence-electron chi connectivity index (χ4n) is 3.19. The first-order valence-electron chi connectivity index (χ1n) is 11.0. The van der Waals surface area contributed by atoms with Crippen LogP contribution < -0.4 is 11.1 Å². The molecule has 3 nitrogen and oxygen atoms in total. The molecule has 0 saturated carbocycles. The van der Waals surface area contributed by atoms with Gasteiger partial charge in [-0.15, -0.1) is 0 Å². The standard InChI is InChI=1S/C25H46N2O/c1-9-12-22(14-11-13-20(3)4)23(28)27-19-25(7,8)17-21(10-2)15-16-24(5,6)18-26/h9,11-14,20-21H,10,15-19,26H2,1-8H3,(H,27,28)/b12-9-,13-11-,22-14+. The van der Waals surface area contributed by atoms with Gasteiger partial charge in [0.2, 0.25) is 0 Å². The predicted molar refractivity (Wildman–Crippen MR) is 124 cm³/mol. The SMILES string of the molecule is C\C=C/C(=C\C=C/C(C)C)C(=O)NCC(C)(C)CC(CC)CCC(C)(C)CN. The van der Waals surface area contributed by atoms with E-state index in [2.05, 4.69) is 59.9 Å². The Bertz CT molecular complexity index is 539. The van der Waals surface area contributed by atoms with Crippen molar-refractivity contribution >= 4 is 5.91 Å². The average molecular weight is 391 g/mol. The number of carbonyl (C=O) groups excluding carboxylic acids is 1. The fraction of sp³-hybridized carbons (Fsp3) is 0.720.